The van der Waals surface area contributed by atoms with Crippen molar-refractivity contribution in [2.45, 2.75) is 13.8 Å². The summed E-state index contributed by atoms with van der Waals surface area (Å²) >= 11 is 0. The molecule has 0 amide bonds. The Labute approximate surface area is 136 Å². The highest BCUT2D eigenvalue weighted by Crippen LogP contribution is 2.24. The molecular weight excluding hydrogens is 292 g/mol. The van der Waals surface area contributed by atoms with Gasteiger partial charge in [-0.15, -0.1) is 0 Å². The molecule has 0 aromatic heterocycles. The Kier molecular flexibility index (Phi) is 5.80. The van der Waals surface area contributed by atoms with Crippen molar-refractivity contribution in [2.24, 2.45) is 0 Å². The average molecular weight is 312 g/mol. The fourth-order valence-electron chi connectivity index (χ4n) is 2.15. The summed E-state index contributed by atoms with van der Waals surface area (Å²) in [5.41, 5.74) is 1.75. The largest absolute Gasteiger partial charge is 0.507 e. The molecule has 0 atom stereocenters. The Bertz CT molecular complexity index is 687. The topological polar surface area (TPSA) is 55.8 Å². The van der Waals surface area contributed by atoms with Crippen molar-refractivity contribution in [1.29, 1.82) is 0 Å². The number of esters is 1. The standard InChI is InChI=1S/C19H20O4/c1-3-22-16-12-9-14(10-13-16)8-11-15-6-5-7-17(20)18(15)19(21)23-4-2/h5-13,20H,3-4H2,1-2H3. The van der Waals surface area contributed by atoms with E-state index >= 15 is 0 Å². The molecule has 2 rings (SSSR count). The van der Waals surface area contributed by atoms with Crippen molar-refractivity contribution >= 4 is 18.1 Å². The zero-order valence-electron chi connectivity index (χ0n) is 13.3. The lowest BCUT2D eigenvalue weighted by atomic mass is 10.0. The number of carbonyl (C=O) groups excluding carboxylic acids is 1. The molecule has 0 unspecified atom stereocenters. The first kappa shape index (κ1) is 16.6. The van der Waals surface area contributed by atoms with E-state index in [-0.39, 0.29) is 17.9 Å². The van der Waals surface area contributed by atoms with Gasteiger partial charge < -0.3 is 14.6 Å². The van der Waals surface area contributed by atoms with Gasteiger partial charge in [-0.3, -0.25) is 0 Å². The van der Waals surface area contributed by atoms with Crippen LogP contribution in [0.15, 0.2) is 42.5 Å². The maximum atomic E-state index is 12.0. The maximum absolute atomic E-state index is 12.0. The number of ether oxygens (including phenoxy) is 2. The molecule has 2 aromatic rings. The number of phenolic OH excluding ortho intramolecular Hbond substituents is 1. The summed E-state index contributed by atoms with van der Waals surface area (Å²) in [5, 5.41) is 9.93. The molecule has 2 aromatic carbocycles. The average Bonchev–Trinajstić information content (AvgIpc) is 2.54. The molecule has 0 heterocycles. The predicted octanol–water partition coefficient (Wildman–Crippen LogP) is 4.14. The quantitative estimate of drug-likeness (QED) is 0.643. The van der Waals surface area contributed by atoms with Crippen LogP contribution in [0.2, 0.25) is 0 Å². The Morgan fingerprint density at radius 2 is 1.78 bits per heavy atom. The van der Waals surface area contributed by atoms with E-state index in [2.05, 4.69) is 0 Å². The SMILES string of the molecule is CCOC(=O)c1c(O)cccc1C=Cc1ccc(OCC)cc1. The number of rotatable bonds is 6. The van der Waals surface area contributed by atoms with Gasteiger partial charge in [-0.25, -0.2) is 4.79 Å². The normalized spacial score (nSPS) is 10.7. The van der Waals surface area contributed by atoms with Crippen LogP contribution in [0.3, 0.4) is 0 Å². The highest BCUT2D eigenvalue weighted by Gasteiger charge is 2.15. The van der Waals surface area contributed by atoms with Gasteiger partial charge in [0, 0.05) is 0 Å². The van der Waals surface area contributed by atoms with Gasteiger partial charge >= 0.3 is 5.97 Å². The summed E-state index contributed by atoms with van der Waals surface area (Å²) in [7, 11) is 0. The van der Waals surface area contributed by atoms with Crippen LogP contribution in [0.1, 0.15) is 35.3 Å². The highest BCUT2D eigenvalue weighted by molar-refractivity contribution is 5.97. The van der Waals surface area contributed by atoms with E-state index in [1.807, 2.05) is 37.3 Å². The molecule has 120 valence electrons. The summed E-state index contributed by atoms with van der Waals surface area (Å²) in [6.45, 7) is 4.55. The van der Waals surface area contributed by atoms with Crippen molar-refractivity contribution in [1.82, 2.24) is 0 Å². The van der Waals surface area contributed by atoms with Gasteiger partial charge in [-0.05, 0) is 43.2 Å². The molecule has 4 nitrogen and oxygen atoms in total. The second-order valence-corrected chi connectivity index (χ2v) is 4.80. The van der Waals surface area contributed by atoms with Crippen molar-refractivity contribution in [3.05, 3.63) is 59.2 Å². The van der Waals surface area contributed by atoms with E-state index in [4.69, 9.17) is 9.47 Å². The van der Waals surface area contributed by atoms with Crippen LogP contribution in [0.5, 0.6) is 11.5 Å². The lowest BCUT2D eigenvalue weighted by Crippen LogP contribution is -2.06. The van der Waals surface area contributed by atoms with Crippen molar-refractivity contribution in [3.8, 4) is 11.5 Å². The monoisotopic (exact) mass is 312 g/mol. The van der Waals surface area contributed by atoms with Gasteiger partial charge in [0.15, 0.2) is 0 Å². The maximum Gasteiger partial charge on any atom is 0.342 e. The molecule has 0 saturated carbocycles. The minimum absolute atomic E-state index is 0.0858. The molecule has 0 aliphatic carbocycles. The van der Waals surface area contributed by atoms with E-state index < -0.39 is 5.97 Å². The van der Waals surface area contributed by atoms with Gasteiger partial charge in [-0.1, -0.05) is 36.4 Å². The van der Waals surface area contributed by atoms with Gasteiger partial charge in [0.1, 0.15) is 17.1 Å². The molecule has 0 spiro atoms. The number of benzene rings is 2. The van der Waals surface area contributed by atoms with Crippen LogP contribution in [0, 0.1) is 0 Å². The second-order valence-electron chi connectivity index (χ2n) is 4.80. The van der Waals surface area contributed by atoms with Crippen LogP contribution >= 0.6 is 0 Å². The van der Waals surface area contributed by atoms with Crippen LogP contribution in [-0.2, 0) is 4.74 Å². The molecule has 0 radical (unpaired) electrons. The number of carbonyl (C=O) groups is 1. The number of aromatic hydroxyl groups is 1. The van der Waals surface area contributed by atoms with Gasteiger partial charge in [0.2, 0.25) is 0 Å². The van der Waals surface area contributed by atoms with Gasteiger partial charge in [0.05, 0.1) is 13.2 Å². The number of phenols is 1. The summed E-state index contributed by atoms with van der Waals surface area (Å²) in [6, 6.07) is 12.5. The van der Waals surface area contributed by atoms with Gasteiger partial charge in [-0.2, -0.15) is 0 Å². The first-order valence-electron chi connectivity index (χ1n) is 7.55. The van der Waals surface area contributed by atoms with Crippen LogP contribution in [-0.4, -0.2) is 24.3 Å². The fraction of sp³-hybridized carbons (Fsp3) is 0.211. The van der Waals surface area contributed by atoms with Crippen LogP contribution in [0.4, 0.5) is 0 Å². The lowest BCUT2D eigenvalue weighted by Gasteiger charge is -2.07. The highest BCUT2D eigenvalue weighted by atomic mass is 16.5. The second kappa shape index (κ2) is 8.03. The first-order chi connectivity index (χ1) is 11.2. The van der Waals surface area contributed by atoms with Crippen molar-refractivity contribution < 1.29 is 19.4 Å². The van der Waals surface area contributed by atoms with Crippen molar-refractivity contribution in [3.63, 3.8) is 0 Å². The zero-order chi connectivity index (χ0) is 16.7. The Morgan fingerprint density at radius 1 is 1.04 bits per heavy atom. The van der Waals surface area contributed by atoms with E-state index in [1.54, 1.807) is 25.1 Å². The molecule has 4 heteroatoms. The van der Waals surface area contributed by atoms with E-state index in [9.17, 15) is 9.90 Å². The zero-order valence-corrected chi connectivity index (χ0v) is 13.3. The number of hydrogen-bond acceptors (Lipinski definition) is 4. The lowest BCUT2D eigenvalue weighted by molar-refractivity contribution is 0.0523. The molecule has 23 heavy (non-hydrogen) atoms. The predicted molar refractivity (Wildman–Crippen MR) is 90.6 cm³/mol. The Morgan fingerprint density at radius 3 is 2.43 bits per heavy atom. The fourth-order valence-corrected chi connectivity index (χ4v) is 2.15. The molecule has 0 aliphatic heterocycles. The van der Waals surface area contributed by atoms with Gasteiger partial charge in [0.25, 0.3) is 0 Å². The third-order valence-electron chi connectivity index (χ3n) is 3.20. The van der Waals surface area contributed by atoms with Crippen LogP contribution in [0.25, 0.3) is 12.2 Å². The van der Waals surface area contributed by atoms with E-state index in [0.29, 0.717) is 12.2 Å². The Hall–Kier alpha value is -2.75. The minimum Gasteiger partial charge on any atom is -0.507 e. The molecule has 1 N–H and O–H groups in total. The van der Waals surface area contributed by atoms with Crippen molar-refractivity contribution in [2.75, 3.05) is 13.2 Å². The third kappa shape index (κ3) is 4.36. The minimum atomic E-state index is -0.531. The summed E-state index contributed by atoms with van der Waals surface area (Å²) in [4.78, 5) is 12.0. The number of hydrogen-bond donors (Lipinski definition) is 1. The summed E-state index contributed by atoms with van der Waals surface area (Å²) in [5.74, 6) is 0.198. The molecular formula is C19H20O4. The molecule has 0 saturated heterocycles. The third-order valence-corrected chi connectivity index (χ3v) is 3.20. The smallest absolute Gasteiger partial charge is 0.342 e. The molecule has 0 bridgehead atoms. The summed E-state index contributed by atoms with van der Waals surface area (Å²) in [6.07, 6.45) is 3.65. The van der Waals surface area contributed by atoms with Crippen LogP contribution < -0.4 is 4.74 Å². The van der Waals surface area contributed by atoms with E-state index in [1.165, 1.54) is 6.07 Å². The Balaban J connectivity index is 2.25. The van der Waals surface area contributed by atoms with E-state index in [0.717, 1.165) is 11.3 Å². The molecule has 0 fully saturated rings. The summed E-state index contributed by atoms with van der Waals surface area (Å²) < 4.78 is 10.4. The molecule has 0 aliphatic rings. The first-order valence-corrected chi connectivity index (χ1v) is 7.55.